The first-order valence-electron chi connectivity index (χ1n) is 7.91. The maximum Gasteiger partial charge on any atom is 0.339 e. The highest BCUT2D eigenvalue weighted by Gasteiger charge is 2.13. The van der Waals surface area contributed by atoms with E-state index >= 15 is 0 Å². The molecule has 0 radical (unpaired) electrons. The van der Waals surface area contributed by atoms with Crippen molar-refractivity contribution in [2.75, 3.05) is 24.6 Å². The molecular weight excluding hydrogens is 310 g/mol. The smallest absolute Gasteiger partial charge is 0.339 e. The highest BCUT2D eigenvalue weighted by molar-refractivity contribution is 6.33. The van der Waals surface area contributed by atoms with Crippen LogP contribution in [0.2, 0.25) is 5.02 Å². The highest BCUT2D eigenvalue weighted by Crippen LogP contribution is 2.19. The second-order valence-electron chi connectivity index (χ2n) is 5.22. The van der Waals surface area contributed by atoms with Crippen molar-refractivity contribution < 1.29 is 9.53 Å². The molecule has 122 valence electrons. The number of benzene rings is 2. The Morgan fingerprint density at radius 1 is 1.13 bits per heavy atom. The Balaban J connectivity index is 1.91. The third kappa shape index (κ3) is 4.73. The quantitative estimate of drug-likeness (QED) is 0.695. The van der Waals surface area contributed by atoms with Gasteiger partial charge in [-0.3, -0.25) is 0 Å². The fraction of sp³-hybridized carbons (Fsp3) is 0.316. The lowest BCUT2D eigenvalue weighted by atomic mass is 10.1. The summed E-state index contributed by atoms with van der Waals surface area (Å²) in [5, 5.41) is 0.449. The van der Waals surface area contributed by atoms with E-state index in [0.717, 1.165) is 24.2 Å². The maximum atomic E-state index is 12.1. The van der Waals surface area contributed by atoms with Crippen LogP contribution in [-0.4, -0.2) is 25.7 Å². The molecule has 0 atom stereocenters. The molecule has 0 spiro atoms. The molecule has 0 saturated heterocycles. The summed E-state index contributed by atoms with van der Waals surface area (Å²) >= 11 is 6.16. The average Bonchev–Trinajstić information content (AvgIpc) is 2.59. The van der Waals surface area contributed by atoms with Crippen molar-refractivity contribution in [3.63, 3.8) is 0 Å². The maximum absolute atomic E-state index is 12.1. The van der Waals surface area contributed by atoms with E-state index in [4.69, 9.17) is 16.3 Å². The molecule has 0 heterocycles. The molecule has 0 aliphatic carbocycles. The van der Waals surface area contributed by atoms with Gasteiger partial charge in [0.1, 0.15) is 6.61 Å². The van der Waals surface area contributed by atoms with Crippen LogP contribution in [0.1, 0.15) is 29.8 Å². The molecule has 0 bridgehead atoms. The van der Waals surface area contributed by atoms with E-state index in [2.05, 4.69) is 11.8 Å². The number of carbonyl (C=O) groups is 1. The second kappa shape index (κ2) is 8.59. The second-order valence-corrected chi connectivity index (χ2v) is 5.63. The van der Waals surface area contributed by atoms with Gasteiger partial charge < -0.3 is 9.64 Å². The van der Waals surface area contributed by atoms with E-state index in [0.29, 0.717) is 23.7 Å². The van der Waals surface area contributed by atoms with E-state index in [1.807, 2.05) is 49.4 Å². The molecule has 0 saturated carbocycles. The number of halogens is 1. The Morgan fingerprint density at radius 3 is 2.48 bits per heavy atom. The van der Waals surface area contributed by atoms with Gasteiger partial charge in [-0.1, -0.05) is 42.8 Å². The summed E-state index contributed by atoms with van der Waals surface area (Å²) in [4.78, 5) is 14.3. The van der Waals surface area contributed by atoms with E-state index in [1.165, 1.54) is 0 Å². The molecule has 0 N–H and O–H groups in total. The van der Waals surface area contributed by atoms with Crippen LogP contribution in [0.4, 0.5) is 5.69 Å². The molecule has 0 fully saturated rings. The van der Waals surface area contributed by atoms with E-state index in [-0.39, 0.29) is 5.97 Å². The fourth-order valence-electron chi connectivity index (χ4n) is 2.38. The van der Waals surface area contributed by atoms with Gasteiger partial charge in [0.15, 0.2) is 0 Å². The number of ether oxygens (including phenoxy) is 1. The molecule has 0 amide bonds. The van der Waals surface area contributed by atoms with Crippen molar-refractivity contribution in [1.29, 1.82) is 0 Å². The summed E-state index contributed by atoms with van der Waals surface area (Å²) in [6, 6.07) is 15.5. The van der Waals surface area contributed by atoms with Crippen LogP contribution in [0.25, 0.3) is 0 Å². The summed E-state index contributed by atoms with van der Waals surface area (Å²) in [5.41, 5.74) is 2.65. The zero-order valence-corrected chi connectivity index (χ0v) is 14.3. The number of para-hydroxylation sites is 1. The van der Waals surface area contributed by atoms with Crippen LogP contribution >= 0.6 is 11.6 Å². The molecule has 0 aliphatic rings. The molecule has 2 rings (SSSR count). The fourth-order valence-corrected chi connectivity index (χ4v) is 2.66. The molecule has 0 unspecified atom stereocenters. The summed E-state index contributed by atoms with van der Waals surface area (Å²) in [7, 11) is 0. The first-order chi connectivity index (χ1) is 11.2. The lowest BCUT2D eigenvalue weighted by molar-refractivity contribution is 0.0515. The zero-order valence-electron chi connectivity index (χ0n) is 13.6. The largest absolute Gasteiger partial charge is 0.460 e. The number of esters is 1. The minimum absolute atomic E-state index is 0.327. The van der Waals surface area contributed by atoms with Gasteiger partial charge in [0.05, 0.1) is 17.1 Å². The average molecular weight is 332 g/mol. The lowest BCUT2D eigenvalue weighted by Gasteiger charge is -2.22. The molecule has 23 heavy (non-hydrogen) atoms. The van der Waals surface area contributed by atoms with Crippen molar-refractivity contribution in [1.82, 2.24) is 0 Å². The molecule has 0 aliphatic heterocycles. The van der Waals surface area contributed by atoms with Crippen LogP contribution in [0.15, 0.2) is 48.5 Å². The Kier molecular flexibility index (Phi) is 6.48. The molecular formula is C19H22ClNO2. The van der Waals surface area contributed by atoms with Crippen molar-refractivity contribution in [3.8, 4) is 0 Å². The number of likely N-dealkylation sites (N-methyl/N-ethyl adjacent to an activating group) is 1. The van der Waals surface area contributed by atoms with Gasteiger partial charge in [-0.15, -0.1) is 0 Å². The van der Waals surface area contributed by atoms with Crippen molar-refractivity contribution in [2.24, 2.45) is 0 Å². The monoisotopic (exact) mass is 331 g/mol. The third-order valence-electron chi connectivity index (χ3n) is 3.76. The zero-order chi connectivity index (χ0) is 16.7. The van der Waals surface area contributed by atoms with Gasteiger partial charge >= 0.3 is 5.97 Å². The first-order valence-corrected chi connectivity index (χ1v) is 8.29. The van der Waals surface area contributed by atoms with Crippen LogP contribution in [0, 0.1) is 0 Å². The molecule has 2 aromatic carbocycles. The third-order valence-corrected chi connectivity index (χ3v) is 4.07. The number of anilines is 1. The minimum Gasteiger partial charge on any atom is -0.460 e. The molecule has 2 aromatic rings. The Morgan fingerprint density at radius 2 is 1.87 bits per heavy atom. The summed E-state index contributed by atoms with van der Waals surface area (Å²) in [5.74, 6) is -0.373. The molecule has 0 aromatic heterocycles. The number of hydrogen-bond acceptors (Lipinski definition) is 3. The topological polar surface area (TPSA) is 29.5 Å². The normalized spacial score (nSPS) is 10.4. The summed E-state index contributed by atoms with van der Waals surface area (Å²) < 4.78 is 5.37. The molecule has 3 nitrogen and oxygen atoms in total. The lowest BCUT2D eigenvalue weighted by Crippen LogP contribution is -2.28. The van der Waals surface area contributed by atoms with Crippen LogP contribution < -0.4 is 4.90 Å². The number of hydrogen-bond donors (Lipinski definition) is 0. The molecule has 4 heteroatoms. The van der Waals surface area contributed by atoms with Gasteiger partial charge in [-0.05, 0) is 43.2 Å². The van der Waals surface area contributed by atoms with Crippen molar-refractivity contribution >= 4 is 23.3 Å². The number of carbonyl (C=O) groups excluding carboxylic acids is 1. The first kappa shape index (κ1) is 17.4. The predicted octanol–water partition coefficient (Wildman–Crippen LogP) is 4.59. The predicted molar refractivity (Wildman–Crippen MR) is 95.4 cm³/mol. The van der Waals surface area contributed by atoms with Gasteiger partial charge in [0.2, 0.25) is 0 Å². The van der Waals surface area contributed by atoms with Crippen LogP contribution in [0.3, 0.4) is 0 Å². The number of nitrogens with zero attached hydrogens (tertiary/aromatic N) is 1. The van der Waals surface area contributed by atoms with Gasteiger partial charge in [-0.25, -0.2) is 4.79 Å². The Hall–Kier alpha value is -2.00. The Bertz CT molecular complexity index is 643. The van der Waals surface area contributed by atoms with Crippen molar-refractivity contribution in [2.45, 2.75) is 20.3 Å². The minimum atomic E-state index is -0.373. The van der Waals surface area contributed by atoms with E-state index < -0.39 is 0 Å². The van der Waals surface area contributed by atoms with E-state index in [1.54, 1.807) is 6.07 Å². The Labute approximate surface area is 142 Å². The number of aryl methyl sites for hydroxylation is 1. The SMILES string of the molecule is CCc1ccc(C(=O)OCCN(CC)c2ccccc2)c(Cl)c1. The number of rotatable bonds is 7. The standard InChI is InChI=1S/C19H22ClNO2/c1-3-15-10-11-17(18(20)14-15)19(22)23-13-12-21(4-2)16-8-6-5-7-9-16/h5-11,14H,3-4,12-13H2,1-2H3. The van der Waals surface area contributed by atoms with Gasteiger partial charge in [-0.2, -0.15) is 0 Å². The van der Waals surface area contributed by atoms with Gasteiger partial charge in [0.25, 0.3) is 0 Å². The highest BCUT2D eigenvalue weighted by atomic mass is 35.5. The van der Waals surface area contributed by atoms with Crippen molar-refractivity contribution in [3.05, 3.63) is 64.7 Å². The van der Waals surface area contributed by atoms with Crippen LogP contribution in [0.5, 0.6) is 0 Å². The summed E-state index contributed by atoms with van der Waals surface area (Å²) in [6.45, 7) is 5.96. The van der Waals surface area contributed by atoms with E-state index in [9.17, 15) is 4.79 Å². The van der Waals surface area contributed by atoms with Gasteiger partial charge in [0, 0.05) is 12.2 Å². The van der Waals surface area contributed by atoms with Crippen LogP contribution in [-0.2, 0) is 11.2 Å². The summed E-state index contributed by atoms with van der Waals surface area (Å²) in [6.07, 6.45) is 0.886.